The maximum atomic E-state index is 12.2. The van der Waals surface area contributed by atoms with Crippen molar-refractivity contribution in [3.63, 3.8) is 0 Å². The van der Waals surface area contributed by atoms with Gasteiger partial charge in [0.25, 0.3) is 0 Å². The van der Waals surface area contributed by atoms with Crippen molar-refractivity contribution in [2.24, 2.45) is 0 Å². The van der Waals surface area contributed by atoms with E-state index < -0.39 is 4.32 Å². The van der Waals surface area contributed by atoms with Gasteiger partial charge < -0.3 is 4.74 Å². The Morgan fingerprint density at radius 2 is 1.46 bits per heavy atom. The summed E-state index contributed by atoms with van der Waals surface area (Å²) in [6, 6.07) is 15.3. The van der Waals surface area contributed by atoms with Crippen molar-refractivity contribution in [3.8, 4) is 11.1 Å². The van der Waals surface area contributed by atoms with Crippen molar-refractivity contribution >= 4 is 27.7 Å². The first-order valence-corrected chi connectivity index (χ1v) is 8.69. The number of carbonyl (C=O) groups excluding carboxylic acids is 2. The monoisotopic (exact) mass is 388 g/mol. The molecule has 0 unspecified atom stereocenters. The molecular weight excluding hydrogens is 368 g/mol. The molecule has 24 heavy (non-hydrogen) atoms. The molecule has 0 atom stereocenters. The summed E-state index contributed by atoms with van der Waals surface area (Å²) in [5.74, 6) is -0.163. The highest BCUT2D eigenvalue weighted by Gasteiger charge is 2.24. The molecule has 0 aliphatic rings. The lowest BCUT2D eigenvalue weighted by molar-refractivity contribution is -0.142. The number of alkyl halides is 1. The number of ketones is 1. The van der Waals surface area contributed by atoms with Crippen molar-refractivity contribution in [3.05, 3.63) is 59.7 Å². The smallest absolute Gasteiger partial charge is 0.310 e. The summed E-state index contributed by atoms with van der Waals surface area (Å²) in [5, 5.41) is 0. The molecule has 4 heteroatoms. The van der Waals surface area contributed by atoms with Gasteiger partial charge in [0.1, 0.15) is 0 Å². The first-order valence-electron chi connectivity index (χ1n) is 7.90. The highest BCUT2D eigenvalue weighted by Crippen LogP contribution is 2.25. The van der Waals surface area contributed by atoms with Gasteiger partial charge in [-0.1, -0.05) is 64.5 Å². The fraction of sp³-hybridized carbons (Fsp3) is 0.300. The number of Topliss-reactive ketones (excluding diaryl/α,β-unsaturated/α-hetero) is 1. The molecule has 0 N–H and O–H groups in total. The molecule has 2 aromatic carbocycles. The molecule has 0 radical (unpaired) electrons. The van der Waals surface area contributed by atoms with E-state index in [1.165, 1.54) is 0 Å². The van der Waals surface area contributed by atoms with Crippen LogP contribution in [0.5, 0.6) is 0 Å². The summed E-state index contributed by atoms with van der Waals surface area (Å²) in [7, 11) is 0. The third kappa shape index (κ3) is 4.78. The maximum Gasteiger partial charge on any atom is 0.310 e. The Hall–Kier alpha value is -1.94. The average Bonchev–Trinajstić information content (AvgIpc) is 2.54. The predicted octanol–water partition coefficient (Wildman–Crippen LogP) is 4.82. The molecule has 0 saturated heterocycles. The van der Waals surface area contributed by atoms with E-state index in [2.05, 4.69) is 15.9 Å². The van der Waals surface area contributed by atoms with Crippen LogP contribution < -0.4 is 0 Å². The van der Waals surface area contributed by atoms with E-state index in [1.54, 1.807) is 6.92 Å². The summed E-state index contributed by atoms with van der Waals surface area (Å²) < 4.78 is 4.38. The van der Waals surface area contributed by atoms with Gasteiger partial charge in [0.15, 0.2) is 5.78 Å². The SMILES string of the molecule is CCOC(=O)Cc1ccc(-c2ccc(C(=O)C(C)(C)Br)cc2)cc1. The minimum atomic E-state index is -0.566. The van der Waals surface area contributed by atoms with Gasteiger partial charge in [-0.15, -0.1) is 0 Å². The van der Waals surface area contributed by atoms with Crippen LogP contribution in [0, 0.1) is 0 Å². The largest absolute Gasteiger partial charge is 0.466 e. The van der Waals surface area contributed by atoms with Gasteiger partial charge >= 0.3 is 5.97 Å². The van der Waals surface area contributed by atoms with E-state index in [0.717, 1.165) is 16.7 Å². The average molecular weight is 389 g/mol. The standard InChI is InChI=1S/C20H21BrO3/c1-4-24-18(22)13-14-5-7-15(8-6-14)16-9-11-17(12-10-16)19(23)20(2,3)21/h5-12H,4,13H2,1-3H3. The fourth-order valence-corrected chi connectivity index (χ4v) is 2.58. The minimum absolute atomic E-state index is 0.0545. The van der Waals surface area contributed by atoms with Crippen molar-refractivity contribution in [2.75, 3.05) is 6.61 Å². The maximum absolute atomic E-state index is 12.2. The summed E-state index contributed by atoms with van der Waals surface area (Å²) in [4.78, 5) is 23.7. The lowest BCUT2D eigenvalue weighted by Gasteiger charge is -2.14. The van der Waals surface area contributed by atoms with E-state index in [0.29, 0.717) is 12.2 Å². The molecule has 0 bridgehead atoms. The number of esters is 1. The Balaban J connectivity index is 2.12. The number of hydrogen-bond donors (Lipinski definition) is 0. The highest BCUT2D eigenvalue weighted by molar-refractivity contribution is 9.10. The number of carbonyl (C=O) groups is 2. The Kier molecular flexibility index (Phi) is 5.94. The van der Waals surface area contributed by atoms with Gasteiger partial charge in [-0.2, -0.15) is 0 Å². The Bertz CT molecular complexity index is 710. The van der Waals surface area contributed by atoms with Crippen LogP contribution in [0.2, 0.25) is 0 Å². The first-order chi connectivity index (χ1) is 11.3. The Labute approximate surface area is 151 Å². The van der Waals surface area contributed by atoms with Crippen LogP contribution in [0.3, 0.4) is 0 Å². The van der Waals surface area contributed by atoms with E-state index in [1.807, 2.05) is 62.4 Å². The molecule has 126 valence electrons. The number of ether oxygens (including phenoxy) is 1. The van der Waals surface area contributed by atoms with Crippen LogP contribution in [-0.4, -0.2) is 22.7 Å². The molecule has 0 aliphatic heterocycles. The van der Waals surface area contributed by atoms with Gasteiger partial charge in [0.05, 0.1) is 17.4 Å². The number of hydrogen-bond acceptors (Lipinski definition) is 3. The molecule has 0 amide bonds. The molecule has 0 fully saturated rings. The van der Waals surface area contributed by atoms with Crippen LogP contribution in [0.4, 0.5) is 0 Å². The zero-order valence-corrected chi connectivity index (χ0v) is 15.7. The number of halogens is 1. The predicted molar refractivity (Wildman–Crippen MR) is 99.6 cm³/mol. The first kappa shape index (κ1) is 18.4. The van der Waals surface area contributed by atoms with Gasteiger partial charge in [-0.25, -0.2) is 0 Å². The summed E-state index contributed by atoms with van der Waals surface area (Å²) in [5.41, 5.74) is 3.67. The molecule has 0 aromatic heterocycles. The van der Waals surface area contributed by atoms with Crippen molar-refractivity contribution < 1.29 is 14.3 Å². The van der Waals surface area contributed by atoms with Crippen LogP contribution in [-0.2, 0) is 16.0 Å². The second-order valence-corrected chi connectivity index (χ2v) is 8.04. The molecule has 2 aromatic rings. The third-order valence-electron chi connectivity index (χ3n) is 3.63. The zero-order chi connectivity index (χ0) is 17.7. The fourth-order valence-electron chi connectivity index (χ4n) is 2.35. The number of benzene rings is 2. The van der Waals surface area contributed by atoms with Crippen molar-refractivity contribution in [1.82, 2.24) is 0 Å². The quantitative estimate of drug-likeness (QED) is 0.404. The molecule has 2 rings (SSSR count). The van der Waals surface area contributed by atoms with E-state index >= 15 is 0 Å². The lowest BCUT2D eigenvalue weighted by atomic mass is 9.97. The molecular formula is C20H21BrO3. The molecule has 0 spiro atoms. The van der Waals surface area contributed by atoms with Crippen molar-refractivity contribution in [2.45, 2.75) is 31.5 Å². The van der Waals surface area contributed by atoms with Gasteiger partial charge in [-0.3, -0.25) is 9.59 Å². The molecule has 3 nitrogen and oxygen atoms in total. The molecule has 0 heterocycles. The second kappa shape index (κ2) is 7.75. The molecule has 0 aliphatic carbocycles. The normalized spacial score (nSPS) is 11.2. The van der Waals surface area contributed by atoms with E-state index in [-0.39, 0.29) is 18.2 Å². The molecule has 0 saturated carbocycles. The lowest BCUT2D eigenvalue weighted by Crippen LogP contribution is -2.23. The zero-order valence-electron chi connectivity index (χ0n) is 14.1. The van der Waals surface area contributed by atoms with Crippen molar-refractivity contribution in [1.29, 1.82) is 0 Å². The van der Waals surface area contributed by atoms with Gasteiger partial charge in [-0.05, 0) is 37.5 Å². The van der Waals surface area contributed by atoms with E-state index in [9.17, 15) is 9.59 Å². The van der Waals surface area contributed by atoms with Crippen LogP contribution in [0.15, 0.2) is 48.5 Å². The summed E-state index contributed by atoms with van der Waals surface area (Å²) >= 11 is 3.40. The number of rotatable bonds is 6. The highest BCUT2D eigenvalue weighted by atomic mass is 79.9. The third-order valence-corrected chi connectivity index (χ3v) is 3.99. The van der Waals surface area contributed by atoms with Gasteiger partial charge in [0.2, 0.25) is 0 Å². The summed E-state index contributed by atoms with van der Waals surface area (Å²) in [6.45, 7) is 5.87. The minimum Gasteiger partial charge on any atom is -0.466 e. The summed E-state index contributed by atoms with van der Waals surface area (Å²) in [6.07, 6.45) is 0.280. The van der Waals surface area contributed by atoms with Crippen LogP contribution in [0.1, 0.15) is 36.7 Å². The van der Waals surface area contributed by atoms with Crippen LogP contribution >= 0.6 is 15.9 Å². The van der Waals surface area contributed by atoms with Gasteiger partial charge in [0, 0.05) is 5.56 Å². The topological polar surface area (TPSA) is 43.4 Å². The Morgan fingerprint density at radius 3 is 1.92 bits per heavy atom. The second-order valence-electron chi connectivity index (χ2n) is 6.06. The van der Waals surface area contributed by atoms with Crippen LogP contribution in [0.25, 0.3) is 11.1 Å². The van der Waals surface area contributed by atoms with E-state index in [4.69, 9.17) is 4.74 Å². The Morgan fingerprint density at radius 1 is 0.958 bits per heavy atom.